The molecule has 0 saturated heterocycles. The van der Waals surface area contributed by atoms with E-state index in [-0.39, 0.29) is 5.91 Å². The number of hydrogen-bond acceptors (Lipinski definition) is 3. The van der Waals surface area contributed by atoms with Gasteiger partial charge in [-0.25, -0.2) is 3.11 Å². The summed E-state index contributed by atoms with van der Waals surface area (Å²) >= 11 is 2.21. The van der Waals surface area contributed by atoms with Gasteiger partial charge in [0.15, 0.2) is 0 Å². The molecule has 0 aromatic heterocycles. The van der Waals surface area contributed by atoms with Crippen molar-refractivity contribution in [3.05, 3.63) is 29.3 Å². The second-order valence-electron chi connectivity index (χ2n) is 4.16. The van der Waals surface area contributed by atoms with E-state index in [1.54, 1.807) is 4.90 Å². The molecule has 1 aromatic carbocycles. The smallest absolute Gasteiger partial charge is 0.254 e. The summed E-state index contributed by atoms with van der Waals surface area (Å²) in [4.78, 5) is 13.5. The zero-order chi connectivity index (χ0) is 12.4. The van der Waals surface area contributed by atoms with Crippen molar-refractivity contribution in [3.63, 3.8) is 0 Å². The van der Waals surface area contributed by atoms with Gasteiger partial charge in [0.1, 0.15) is 12.4 Å². The van der Waals surface area contributed by atoms with Crippen LogP contribution in [0.2, 0.25) is 0 Å². The Hall–Kier alpha value is -0.820. The van der Waals surface area contributed by atoms with Crippen LogP contribution in [0.15, 0.2) is 18.2 Å². The molecule has 0 atom stereocenters. The Bertz CT molecular complexity index is 435. The fourth-order valence-electron chi connectivity index (χ4n) is 1.80. The van der Waals surface area contributed by atoms with E-state index in [0.29, 0.717) is 13.2 Å². The third-order valence-corrected chi connectivity index (χ3v) is 3.22. The van der Waals surface area contributed by atoms with Gasteiger partial charge in [0.2, 0.25) is 0 Å². The molecule has 1 amide bonds. The third-order valence-electron chi connectivity index (χ3n) is 2.73. The highest BCUT2D eigenvalue weighted by Crippen LogP contribution is 2.25. The molecule has 0 spiro atoms. The summed E-state index contributed by atoms with van der Waals surface area (Å²) in [6, 6.07) is 5.74. The molecule has 5 heteroatoms. The summed E-state index contributed by atoms with van der Waals surface area (Å²) in [5, 5.41) is 0. The van der Waals surface area contributed by atoms with Gasteiger partial charge in [0.25, 0.3) is 5.91 Å². The first-order valence-corrected chi connectivity index (χ1v) is 6.42. The van der Waals surface area contributed by atoms with Gasteiger partial charge in [-0.2, -0.15) is 0 Å². The maximum Gasteiger partial charge on any atom is 0.254 e. The monoisotopic (exact) mass is 346 g/mol. The highest BCUT2D eigenvalue weighted by molar-refractivity contribution is 14.1. The molecule has 17 heavy (non-hydrogen) atoms. The Kier molecular flexibility index (Phi) is 3.88. The van der Waals surface area contributed by atoms with Crippen molar-refractivity contribution in [2.75, 3.05) is 27.2 Å². The summed E-state index contributed by atoms with van der Waals surface area (Å²) in [7, 11) is 3.80. The van der Waals surface area contributed by atoms with Gasteiger partial charge >= 0.3 is 0 Å². The van der Waals surface area contributed by atoms with Crippen LogP contribution >= 0.6 is 22.9 Å². The number of amides is 1. The summed E-state index contributed by atoms with van der Waals surface area (Å²) < 4.78 is 7.64. The Morgan fingerprint density at radius 2 is 2.29 bits per heavy atom. The van der Waals surface area contributed by atoms with Crippen molar-refractivity contribution < 1.29 is 9.53 Å². The second-order valence-corrected chi connectivity index (χ2v) is 5.80. The largest absolute Gasteiger partial charge is 0.492 e. The first-order valence-electron chi connectivity index (χ1n) is 5.46. The van der Waals surface area contributed by atoms with Gasteiger partial charge in [-0.1, -0.05) is 6.07 Å². The lowest BCUT2D eigenvalue weighted by molar-refractivity contribution is 0.0816. The molecular formula is C12H15IN2O2. The van der Waals surface area contributed by atoms with Crippen LogP contribution in [0.1, 0.15) is 15.9 Å². The van der Waals surface area contributed by atoms with Crippen molar-refractivity contribution in [2.45, 2.75) is 6.54 Å². The van der Waals surface area contributed by atoms with Crippen LogP contribution in [-0.2, 0) is 6.54 Å². The first-order chi connectivity index (χ1) is 8.08. The standard InChI is InChI=1S/C12H15IN2O2/c1-14-8-9-3-4-10(7-11(9)12(14)16)17-6-5-15(2)13/h3-4,7H,5-6,8H2,1-2H3. The predicted octanol–water partition coefficient (Wildman–Crippen LogP) is 1.93. The molecule has 1 heterocycles. The average molecular weight is 346 g/mol. The predicted molar refractivity (Wildman–Crippen MR) is 74.4 cm³/mol. The number of rotatable bonds is 4. The van der Waals surface area contributed by atoms with Crippen molar-refractivity contribution in [1.82, 2.24) is 8.01 Å². The van der Waals surface area contributed by atoms with Gasteiger partial charge in [0, 0.05) is 48.6 Å². The number of likely N-dealkylation sites (N-methyl/N-ethyl adjacent to an activating group) is 1. The molecule has 92 valence electrons. The van der Waals surface area contributed by atoms with E-state index in [2.05, 4.69) is 22.9 Å². The molecule has 0 radical (unpaired) electrons. The summed E-state index contributed by atoms with van der Waals surface area (Å²) in [5.74, 6) is 0.849. The van der Waals surface area contributed by atoms with Gasteiger partial charge in [-0.15, -0.1) is 0 Å². The van der Waals surface area contributed by atoms with Crippen LogP contribution in [0.3, 0.4) is 0 Å². The average Bonchev–Trinajstić information content (AvgIpc) is 2.55. The molecule has 0 saturated carbocycles. The second kappa shape index (κ2) is 5.22. The number of halogens is 1. The fourth-order valence-corrected chi connectivity index (χ4v) is 2.00. The van der Waals surface area contributed by atoms with Gasteiger partial charge in [0.05, 0.1) is 0 Å². The highest BCUT2D eigenvalue weighted by atomic mass is 127. The normalized spacial score (nSPS) is 14.4. The minimum absolute atomic E-state index is 0.0801. The molecule has 2 rings (SSSR count). The number of ether oxygens (including phenoxy) is 1. The lowest BCUT2D eigenvalue weighted by Gasteiger charge is -2.10. The quantitative estimate of drug-likeness (QED) is 0.617. The number of hydrogen-bond donors (Lipinski definition) is 0. The minimum atomic E-state index is 0.0801. The Balaban J connectivity index is 2.05. The van der Waals surface area contributed by atoms with E-state index in [0.717, 1.165) is 23.4 Å². The molecule has 0 aliphatic carbocycles. The fraction of sp³-hybridized carbons (Fsp3) is 0.417. The van der Waals surface area contributed by atoms with Crippen molar-refractivity contribution in [3.8, 4) is 5.75 Å². The maximum absolute atomic E-state index is 11.8. The SMILES string of the molecule is CN(I)CCOc1ccc2c(c1)C(=O)N(C)C2. The van der Waals surface area contributed by atoms with E-state index in [1.165, 1.54) is 0 Å². The van der Waals surface area contributed by atoms with Gasteiger partial charge in [-0.3, -0.25) is 4.79 Å². The summed E-state index contributed by atoms with van der Waals surface area (Å²) in [5.41, 5.74) is 1.85. The molecule has 1 aromatic rings. The molecule has 0 fully saturated rings. The Morgan fingerprint density at radius 3 is 3.00 bits per heavy atom. The number of fused-ring (bicyclic) bond motifs is 1. The van der Waals surface area contributed by atoms with Crippen LogP contribution in [0, 0.1) is 0 Å². The lowest BCUT2D eigenvalue weighted by atomic mass is 10.1. The van der Waals surface area contributed by atoms with Crippen molar-refractivity contribution >= 4 is 28.8 Å². The molecule has 0 N–H and O–H groups in total. The van der Waals surface area contributed by atoms with Crippen LogP contribution in [-0.4, -0.2) is 41.2 Å². The van der Waals surface area contributed by atoms with Crippen molar-refractivity contribution in [1.29, 1.82) is 0 Å². The van der Waals surface area contributed by atoms with Gasteiger partial charge < -0.3 is 9.64 Å². The van der Waals surface area contributed by atoms with Crippen LogP contribution in [0.5, 0.6) is 5.75 Å². The zero-order valence-electron chi connectivity index (χ0n) is 9.94. The number of nitrogens with zero attached hydrogens (tertiary/aromatic N) is 2. The van der Waals surface area contributed by atoms with Gasteiger partial charge in [-0.05, 0) is 24.7 Å². The molecule has 4 nitrogen and oxygen atoms in total. The van der Waals surface area contributed by atoms with E-state index in [4.69, 9.17) is 4.74 Å². The molecule has 1 aliphatic rings. The van der Waals surface area contributed by atoms with Crippen molar-refractivity contribution in [2.24, 2.45) is 0 Å². The summed E-state index contributed by atoms with van der Waals surface area (Å²) in [6.45, 7) is 2.18. The third kappa shape index (κ3) is 2.90. The first kappa shape index (κ1) is 12.6. The molecule has 0 bridgehead atoms. The number of benzene rings is 1. The highest BCUT2D eigenvalue weighted by Gasteiger charge is 2.24. The molecule has 1 aliphatic heterocycles. The van der Waals surface area contributed by atoms with E-state index >= 15 is 0 Å². The van der Waals surface area contributed by atoms with E-state index in [9.17, 15) is 4.79 Å². The summed E-state index contributed by atoms with van der Waals surface area (Å²) in [6.07, 6.45) is 0. The van der Waals surface area contributed by atoms with E-state index < -0.39 is 0 Å². The van der Waals surface area contributed by atoms with E-state index in [1.807, 2.05) is 35.4 Å². The topological polar surface area (TPSA) is 32.8 Å². The molecule has 0 unspecified atom stereocenters. The maximum atomic E-state index is 11.8. The number of carbonyl (C=O) groups is 1. The van der Waals surface area contributed by atoms with Crippen LogP contribution < -0.4 is 4.74 Å². The van der Waals surface area contributed by atoms with Crippen LogP contribution in [0.25, 0.3) is 0 Å². The Labute approximate surface area is 115 Å². The lowest BCUT2D eigenvalue weighted by Crippen LogP contribution is -2.17. The zero-order valence-corrected chi connectivity index (χ0v) is 12.1. The number of carbonyl (C=O) groups excluding carboxylic acids is 1. The Morgan fingerprint density at radius 1 is 1.53 bits per heavy atom. The molecular weight excluding hydrogens is 331 g/mol. The van der Waals surface area contributed by atoms with Crippen LogP contribution in [0.4, 0.5) is 0 Å². The minimum Gasteiger partial charge on any atom is -0.492 e.